The Bertz CT molecular complexity index is 892. The maximum Gasteiger partial charge on any atom is 0.138 e. The molecule has 0 bridgehead atoms. The molecule has 3 heterocycles. The molecule has 0 aliphatic heterocycles. The lowest BCUT2D eigenvalue weighted by Gasteiger charge is -2.10. The van der Waals surface area contributed by atoms with Gasteiger partial charge in [-0.05, 0) is 24.1 Å². The summed E-state index contributed by atoms with van der Waals surface area (Å²) in [5.41, 5.74) is 2.89. The molecule has 0 radical (unpaired) electrons. The van der Waals surface area contributed by atoms with Gasteiger partial charge in [0.05, 0.1) is 22.3 Å². The van der Waals surface area contributed by atoms with E-state index in [4.69, 9.17) is 11.6 Å². The first-order valence-corrected chi connectivity index (χ1v) is 7.73. The number of rotatable bonds is 4. The van der Waals surface area contributed by atoms with Crippen LogP contribution in [-0.4, -0.2) is 21.5 Å². The van der Waals surface area contributed by atoms with Gasteiger partial charge in [-0.15, -0.1) is 0 Å². The summed E-state index contributed by atoms with van der Waals surface area (Å²) >= 11 is 6.05. The summed E-state index contributed by atoms with van der Waals surface area (Å²) in [5, 5.41) is 14.0. The Balaban J connectivity index is 2.08. The van der Waals surface area contributed by atoms with Crippen LogP contribution in [0.1, 0.15) is 19.4 Å². The number of hydrogen-bond donors (Lipinski definition) is 2. The second-order valence-corrected chi connectivity index (χ2v) is 6.20. The van der Waals surface area contributed by atoms with Crippen LogP contribution in [0.25, 0.3) is 22.3 Å². The number of hydrogen-bond acceptors (Lipinski definition) is 4. The largest absolute Gasteiger partial charge is 0.370 e. The number of nitriles is 1. The average molecular weight is 326 g/mol. The van der Waals surface area contributed by atoms with Crippen LogP contribution in [-0.2, 0) is 0 Å². The second kappa shape index (κ2) is 6.27. The van der Waals surface area contributed by atoms with Crippen molar-refractivity contribution in [2.75, 3.05) is 11.9 Å². The molecule has 5 nitrogen and oxygen atoms in total. The highest BCUT2D eigenvalue weighted by atomic mass is 35.5. The fourth-order valence-corrected chi connectivity index (χ4v) is 2.48. The van der Waals surface area contributed by atoms with E-state index in [2.05, 4.69) is 40.2 Å². The van der Waals surface area contributed by atoms with E-state index >= 15 is 0 Å². The summed E-state index contributed by atoms with van der Waals surface area (Å²) in [7, 11) is 0. The van der Waals surface area contributed by atoms with Crippen LogP contribution in [0.4, 0.5) is 5.82 Å². The topological polar surface area (TPSA) is 77.4 Å². The quantitative estimate of drug-likeness (QED) is 0.753. The highest BCUT2D eigenvalue weighted by molar-refractivity contribution is 6.31. The van der Waals surface area contributed by atoms with Crippen molar-refractivity contribution in [3.63, 3.8) is 0 Å². The average Bonchev–Trinajstić information content (AvgIpc) is 2.95. The third-order valence-corrected chi connectivity index (χ3v) is 3.63. The molecule has 0 atom stereocenters. The van der Waals surface area contributed by atoms with Crippen LogP contribution in [0.2, 0.25) is 5.02 Å². The molecule has 3 aromatic rings. The van der Waals surface area contributed by atoms with E-state index in [1.165, 1.54) is 0 Å². The first kappa shape index (κ1) is 15.3. The number of halogens is 1. The van der Waals surface area contributed by atoms with Crippen LogP contribution >= 0.6 is 11.6 Å². The van der Waals surface area contributed by atoms with Crippen molar-refractivity contribution in [1.82, 2.24) is 15.0 Å². The fourth-order valence-electron chi connectivity index (χ4n) is 2.32. The predicted octanol–water partition coefficient (Wildman–Crippen LogP) is 4.22. The summed E-state index contributed by atoms with van der Waals surface area (Å²) in [5.74, 6) is 1.18. The van der Waals surface area contributed by atoms with E-state index in [1.54, 1.807) is 18.3 Å². The smallest absolute Gasteiger partial charge is 0.138 e. The second-order valence-electron chi connectivity index (χ2n) is 5.76. The molecule has 0 saturated heterocycles. The number of pyridine rings is 2. The van der Waals surface area contributed by atoms with Crippen LogP contribution in [0.3, 0.4) is 0 Å². The van der Waals surface area contributed by atoms with Gasteiger partial charge in [0, 0.05) is 29.9 Å². The number of H-pyrrole nitrogens is 1. The van der Waals surface area contributed by atoms with E-state index in [9.17, 15) is 5.26 Å². The SMILES string of the molecule is CC(C)CNc1cc(C#N)cc(-c2c[nH]c3ncc(Cl)cc23)n1. The van der Waals surface area contributed by atoms with Crippen LogP contribution in [0.15, 0.2) is 30.6 Å². The van der Waals surface area contributed by atoms with Crippen molar-refractivity contribution in [2.24, 2.45) is 5.92 Å². The Morgan fingerprint density at radius 2 is 2.17 bits per heavy atom. The molecule has 0 aliphatic rings. The Kier molecular flexibility index (Phi) is 4.18. The minimum Gasteiger partial charge on any atom is -0.370 e. The van der Waals surface area contributed by atoms with Gasteiger partial charge in [-0.2, -0.15) is 5.26 Å². The van der Waals surface area contributed by atoms with E-state index < -0.39 is 0 Å². The maximum absolute atomic E-state index is 9.27. The molecule has 6 heteroatoms. The third-order valence-electron chi connectivity index (χ3n) is 3.42. The van der Waals surface area contributed by atoms with Crippen LogP contribution in [0, 0.1) is 17.2 Å². The first-order valence-electron chi connectivity index (χ1n) is 7.36. The minimum atomic E-state index is 0.488. The fraction of sp³-hybridized carbons (Fsp3) is 0.235. The zero-order valence-corrected chi connectivity index (χ0v) is 13.6. The van der Waals surface area contributed by atoms with E-state index in [0.29, 0.717) is 28.0 Å². The lowest BCUT2D eigenvalue weighted by atomic mass is 10.1. The van der Waals surface area contributed by atoms with Gasteiger partial charge in [0.15, 0.2) is 0 Å². The Morgan fingerprint density at radius 3 is 2.91 bits per heavy atom. The summed E-state index contributed by atoms with van der Waals surface area (Å²) < 4.78 is 0. The number of nitrogens with zero attached hydrogens (tertiary/aromatic N) is 3. The van der Waals surface area contributed by atoms with Gasteiger partial charge in [-0.3, -0.25) is 0 Å². The zero-order valence-electron chi connectivity index (χ0n) is 12.9. The molecular weight excluding hydrogens is 310 g/mol. The number of aromatic amines is 1. The Morgan fingerprint density at radius 1 is 1.35 bits per heavy atom. The molecule has 0 unspecified atom stereocenters. The predicted molar refractivity (Wildman–Crippen MR) is 92.4 cm³/mol. The number of fused-ring (bicyclic) bond motifs is 1. The molecule has 0 fully saturated rings. The van der Waals surface area contributed by atoms with Gasteiger partial charge >= 0.3 is 0 Å². The lowest BCUT2D eigenvalue weighted by Crippen LogP contribution is -2.09. The van der Waals surface area contributed by atoms with Crippen molar-refractivity contribution >= 4 is 28.5 Å². The highest BCUT2D eigenvalue weighted by Crippen LogP contribution is 2.29. The van der Waals surface area contributed by atoms with Crippen molar-refractivity contribution in [3.05, 3.63) is 41.2 Å². The van der Waals surface area contributed by atoms with Gasteiger partial charge < -0.3 is 10.3 Å². The standard InChI is InChI=1S/C17H16ClN5/c1-10(2)7-20-16-4-11(6-19)3-15(23-16)14-9-22-17-13(14)5-12(18)8-21-17/h3-5,8-10H,7H2,1-2H3,(H,20,23)(H,21,22). The van der Waals surface area contributed by atoms with Gasteiger partial charge in [0.1, 0.15) is 11.5 Å². The Hall–Kier alpha value is -2.58. The van der Waals surface area contributed by atoms with Gasteiger partial charge in [0.25, 0.3) is 0 Å². The highest BCUT2D eigenvalue weighted by Gasteiger charge is 2.11. The lowest BCUT2D eigenvalue weighted by molar-refractivity contribution is 0.687. The van der Waals surface area contributed by atoms with Crippen molar-refractivity contribution in [2.45, 2.75) is 13.8 Å². The third kappa shape index (κ3) is 3.27. The molecule has 116 valence electrons. The molecule has 3 rings (SSSR count). The van der Waals surface area contributed by atoms with E-state index in [-0.39, 0.29) is 0 Å². The first-order chi connectivity index (χ1) is 11.1. The number of aromatic nitrogens is 3. The van der Waals surface area contributed by atoms with E-state index in [0.717, 1.165) is 23.1 Å². The molecule has 2 N–H and O–H groups in total. The van der Waals surface area contributed by atoms with Crippen molar-refractivity contribution in [1.29, 1.82) is 5.26 Å². The normalized spacial score (nSPS) is 10.9. The Labute approximate surface area is 139 Å². The van der Waals surface area contributed by atoms with Crippen molar-refractivity contribution < 1.29 is 0 Å². The van der Waals surface area contributed by atoms with Gasteiger partial charge in [0.2, 0.25) is 0 Å². The molecular formula is C17H16ClN5. The molecule has 0 saturated carbocycles. The molecule has 0 aliphatic carbocycles. The van der Waals surface area contributed by atoms with Crippen LogP contribution < -0.4 is 5.32 Å². The van der Waals surface area contributed by atoms with Crippen molar-refractivity contribution in [3.8, 4) is 17.3 Å². The summed E-state index contributed by atoms with van der Waals surface area (Å²) in [6.07, 6.45) is 3.43. The number of nitrogens with one attached hydrogen (secondary N) is 2. The molecule has 0 aromatic carbocycles. The number of anilines is 1. The molecule has 23 heavy (non-hydrogen) atoms. The molecule has 3 aromatic heterocycles. The van der Waals surface area contributed by atoms with Crippen LogP contribution in [0.5, 0.6) is 0 Å². The summed E-state index contributed by atoms with van der Waals surface area (Å²) in [6.45, 7) is 5.04. The monoisotopic (exact) mass is 325 g/mol. The summed E-state index contributed by atoms with van der Waals surface area (Å²) in [4.78, 5) is 12.0. The molecule has 0 amide bonds. The molecule has 0 spiro atoms. The maximum atomic E-state index is 9.27. The van der Waals surface area contributed by atoms with Gasteiger partial charge in [-0.25, -0.2) is 9.97 Å². The zero-order chi connectivity index (χ0) is 16.4. The summed E-state index contributed by atoms with van der Waals surface area (Å²) in [6, 6.07) is 7.55. The van der Waals surface area contributed by atoms with E-state index in [1.807, 2.05) is 12.3 Å². The minimum absolute atomic E-state index is 0.488. The van der Waals surface area contributed by atoms with Gasteiger partial charge in [-0.1, -0.05) is 25.4 Å².